The van der Waals surface area contributed by atoms with E-state index in [0.717, 1.165) is 6.04 Å². The molecule has 0 aromatic heterocycles. The molecule has 0 bridgehead atoms. The summed E-state index contributed by atoms with van der Waals surface area (Å²) in [6.07, 6.45) is 8.35. The second-order valence-corrected chi connectivity index (χ2v) is 4.51. The van der Waals surface area contributed by atoms with Crippen molar-refractivity contribution in [1.82, 2.24) is 0 Å². The maximum atomic E-state index is 3.08. The van der Waals surface area contributed by atoms with Crippen LogP contribution in [0.4, 0.5) is 5.69 Å². The van der Waals surface area contributed by atoms with Crippen LogP contribution in [-0.2, 0) is 0 Å². The number of rotatable bonds is 2. The summed E-state index contributed by atoms with van der Waals surface area (Å²) >= 11 is 0. The van der Waals surface area contributed by atoms with Crippen LogP contribution in [0.2, 0.25) is 0 Å². The molecular weight excluding hydrogens is 286 g/mol. The second kappa shape index (κ2) is 9.23. The maximum absolute atomic E-state index is 3.08. The van der Waals surface area contributed by atoms with Gasteiger partial charge in [0.05, 0.1) is 0 Å². The Labute approximate surface area is 132 Å². The fourth-order valence-corrected chi connectivity index (χ4v) is 2.47. The van der Waals surface area contributed by atoms with Gasteiger partial charge in [0, 0.05) is 13.1 Å². The summed E-state index contributed by atoms with van der Waals surface area (Å²) in [5.74, 6) is 0. The van der Waals surface area contributed by atoms with Crippen molar-refractivity contribution in [3.05, 3.63) is 30.3 Å². The molecule has 1 saturated carbocycles. The molecule has 0 amide bonds. The number of hydrogen-bond acceptors (Lipinski definition) is 1. The molecule has 1 nitrogen and oxygen atoms in total. The zero-order valence-corrected chi connectivity index (χ0v) is 13.7. The Balaban J connectivity index is 0.00000128. The molecule has 0 aliphatic heterocycles. The van der Waals surface area contributed by atoms with E-state index in [4.69, 9.17) is 0 Å². The number of halogens is 1. The average Bonchev–Trinajstić information content (AvgIpc) is 2.58. The molecule has 0 N–H and O–H groups in total. The standard InChI is InChI=1S/C14H20N.BrH.Mg/c1-15(14-11-7-4-8-12-14)13-9-5-2-3-6-10-13;;/h7-8,11-13H,2-3,5-6,9-10H2,1H3;1H;/q-1;;+2/p-1. The third-order valence-electron chi connectivity index (χ3n) is 3.48. The Kier molecular flexibility index (Phi) is 9.37. The molecule has 0 heterocycles. The average molecular weight is 307 g/mol. The molecule has 1 aromatic carbocycles. The first-order valence-corrected chi connectivity index (χ1v) is 6.07. The Hall–Kier alpha value is 0.266. The van der Waals surface area contributed by atoms with Crippen LogP contribution in [-0.4, -0.2) is 36.1 Å². The van der Waals surface area contributed by atoms with Gasteiger partial charge in [-0.2, -0.15) is 18.2 Å². The molecule has 3 heteroatoms. The normalized spacial score (nSPS) is 16.3. The molecule has 0 radical (unpaired) electrons. The number of anilines is 1. The quantitative estimate of drug-likeness (QED) is 0.431. The van der Waals surface area contributed by atoms with Crippen LogP contribution in [0.15, 0.2) is 24.3 Å². The largest absolute Gasteiger partial charge is 2.00 e. The van der Waals surface area contributed by atoms with Crippen LogP contribution in [0.5, 0.6) is 0 Å². The van der Waals surface area contributed by atoms with Gasteiger partial charge in [-0.15, -0.1) is 12.1 Å². The predicted octanol–water partition coefficient (Wildman–Crippen LogP) is 0.269. The summed E-state index contributed by atoms with van der Waals surface area (Å²) in [6, 6.07) is 12.1. The van der Waals surface area contributed by atoms with Gasteiger partial charge in [0.25, 0.3) is 0 Å². The van der Waals surface area contributed by atoms with E-state index in [9.17, 15) is 0 Å². The molecule has 1 fully saturated rings. The topological polar surface area (TPSA) is 3.24 Å². The Morgan fingerprint density at radius 1 is 1.06 bits per heavy atom. The molecule has 1 aliphatic rings. The molecule has 0 atom stereocenters. The zero-order valence-electron chi connectivity index (χ0n) is 10.7. The van der Waals surface area contributed by atoms with E-state index in [-0.39, 0.29) is 40.0 Å². The van der Waals surface area contributed by atoms with Gasteiger partial charge in [0.1, 0.15) is 0 Å². The van der Waals surface area contributed by atoms with Crippen molar-refractivity contribution in [2.75, 3.05) is 11.9 Å². The summed E-state index contributed by atoms with van der Waals surface area (Å²) in [7, 11) is 2.23. The van der Waals surface area contributed by atoms with E-state index < -0.39 is 0 Å². The Bertz CT molecular complexity index is 284. The van der Waals surface area contributed by atoms with Gasteiger partial charge in [0.2, 0.25) is 0 Å². The van der Waals surface area contributed by atoms with E-state index >= 15 is 0 Å². The van der Waals surface area contributed by atoms with Crippen molar-refractivity contribution in [2.24, 2.45) is 0 Å². The monoisotopic (exact) mass is 305 g/mol. The van der Waals surface area contributed by atoms with Crippen molar-refractivity contribution in [2.45, 2.75) is 44.6 Å². The zero-order chi connectivity index (χ0) is 10.5. The van der Waals surface area contributed by atoms with Crippen LogP contribution in [0, 0.1) is 6.07 Å². The minimum absolute atomic E-state index is 0. The summed E-state index contributed by atoms with van der Waals surface area (Å²) in [4.78, 5) is 2.44. The molecule has 0 spiro atoms. The van der Waals surface area contributed by atoms with Crippen LogP contribution < -0.4 is 21.9 Å². The minimum atomic E-state index is 0. The number of hydrogen-bond donors (Lipinski definition) is 0. The molecule has 1 aliphatic carbocycles. The predicted molar refractivity (Wildman–Crippen MR) is 70.9 cm³/mol. The molecule has 1 aromatic rings. The van der Waals surface area contributed by atoms with E-state index in [1.807, 2.05) is 12.1 Å². The summed E-state index contributed by atoms with van der Waals surface area (Å²) in [6.45, 7) is 0. The van der Waals surface area contributed by atoms with Crippen LogP contribution in [0.25, 0.3) is 0 Å². The van der Waals surface area contributed by atoms with Crippen LogP contribution in [0.1, 0.15) is 38.5 Å². The van der Waals surface area contributed by atoms with E-state index in [1.165, 1.54) is 44.2 Å². The van der Waals surface area contributed by atoms with Crippen molar-refractivity contribution >= 4 is 28.7 Å². The third kappa shape index (κ3) is 5.19. The molecular formula is C14H20BrMgN. The van der Waals surface area contributed by atoms with Gasteiger partial charge >= 0.3 is 23.1 Å². The molecule has 90 valence electrons. The number of nitrogens with zero attached hydrogens (tertiary/aromatic N) is 1. The number of benzene rings is 1. The van der Waals surface area contributed by atoms with E-state index in [1.54, 1.807) is 0 Å². The molecule has 0 unspecified atom stereocenters. The third-order valence-corrected chi connectivity index (χ3v) is 3.48. The SMILES string of the molecule is CN(c1cc[c-]cc1)C1CCCCCC1.[Br-].[Mg+2]. The van der Waals surface area contributed by atoms with Gasteiger partial charge in [-0.25, -0.2) is 0 Å². The maximum Gasteiger partial charge on any atom is 2.00 e. The van der Waals surface area contributed by atoms with Crippen molar-refractivity contribution < 1.29 is 17.0 Å². The van der Waals surface area contributed by atoms with Crippen molar-refractivity contribution in [1.29, 1.82) is 0 Å². The molecule has 0 saturated heterocycles. The van der Waals surface area contributed by atoms with Gasteiger partial charge in [-0.3, -0.25) is 0 Å². The fourth-order valence-electron chi connectivity index (χ4n) is 2.47. The summed E-state index contributed by atoms with van der Waals surface area (Å²) in [5, 5.41) is 0. The van der Waals surface area contributed by atoms with Crippen LogP contribution in [0.3, 0.4) is 0 Å². The Morgan fingerprint density at radius 3 is 2.12 bits per heavy atom. The van der Waals surface area contributed by atoms with E-state index in [0.29, 0.717) is 0 Å². The van der Waals surface area contributed by atoms with E-state index in [2.05, 4.69) is 30.1 Å². The van der Waals surface area contributed by atoms with Crippen molar-refractivity contribution in [3.63, 3.8) is 0 Å². The summed E-state index contributed by atoms with van der Waals surface area (Å²) in [5.41, 5.74) is 1.33. The van der Waals surface area contributed by atoms with Crippen LogP contribution >= 0.6 is 0 Å². The fraction of sp³-hybridized carbons (Fsp3) is 0.571. The second-order valence-electron chi connectivity index (χ2n) is 4.51. The smallest absolute Gasteiger partial charge is 1.00 e. The Morgan fingerprint density at radius 2 is 1.59 bits per heavy atom. The van der Waals surface area contributed by atoms with Gasteiger partial charge in [0.15, 0.2) is 0 Å². The van der Waals surface area contributed by atoms with Gasteiger partial charge in [-0.1, -0.05) is 31.4 Å². The molecule has 17 heavy (non-hydrogen) atoms. The first kappa shape index (κ1) is 17.3. The molecule has 2 rings (SSSR count). The first-order chi connectivity index (χ1) is 7.38. The van der Waals surface area contributed by atoms with Gasteiger partial charge < -0.3 is 21.9 Å². The summed E-state index contributed by atoms with van der Waals surface area (Å²) < 4.78 is 0. The van der Waals surface area contributed by atoms with Gasteiger partial charge in [-0.05, 0) is 12.8 Å². The van der Waals surface area contributed by atoms with Crippen molar-refractivity contribution in [3.8, 4) is 0 Å². The minimum Gasteiger partial charge on any atom is -1.00 e. The first-order valence-electron chi connectivity index (χ1n) is 6.07.